The van der Waals surface area contributed by atoms with Crippen molar-refractivity contribution >= 4 is 33.5 Å². The van der Waals surface area contributed by atoms with Crippen LogP contribution in [0.4, 0.5) is 11.9 Å². The number of rotatable bonds is 5. The molecule has 8 nitrogen and oxygen atoms in total. The molecule has 10 heteroatoms. The standard InChI is InChI=1S/C19H20ClN5O3S/c1-28-17-6-4-3-5-14(17)16-11-15(12-7-9-13(20)10-8-12)21-19-22-18(23-25(16)19)24-29(2,26)27/h3-10,15-16H,11H2,1-2H3,(H2,21,22,23,24)/t15-,16+/m0/s1. The molecule has 1 aliphatic heterocycles. The van der Waals surface area contributed by atoms with Gasteiger partial charge in [0.05, 0.1) is 25.4 Å². The molecule has 0 saturated carbocycles. The first kappa shape index (κ1) is 19.5. The molecule has 3 aromatic rings. The largest absolute Gasteiger partial charge is 0.496 e. The van der Waals surface area contributed by atoms with Crippen molar-refractivity contribution in [2.75, 3.05) is 23.4 Å². The fourth-order valence-corrected chi connectivity index (χ4v) is 4.04. The molecule has 152 valence electrons. The van der Waals surface area contributed by atoms with Crippen LogP contribution in [0, 0.1) is 0 Å². The Kier molecular flexibility index (Phi) is 5.10. The summed E-state index contributed by atoms with van der Waals surface area (Å²) in [5, 5.41) is 8.40. The van der Waals surface area contributed by atoms with Crippen molar-refractivity contribution in [2.24, 2.45) is 0 Å². The Bertz CT molecular complexity index is 1130. The minimum Gasteiger partial charge on any atom is -0.496 e. The molecule has 4 rings (SSSR count). The predicted octanol–water partition coefficient (Wildman–Crippen LogP) is 3.46. The Morgan fingerprint density at radius 3 is 2.62 bits per heavy atom. The zero-order chi connectivity index (χ0) is 20.6. The van der Waals surface area contributed by atoms with Crippen molar-refractivity contribution in [1.82, 2.24) is 14.8 Å². The molecule has 0 amide bonds. The van der Waals surface area contributed by atoms with Crippen LogP contribution in [0.25, 0.3) is 0 Å². The maximum Gasteiger partial charge on any atom is 0.257 e. The number of nitrogens with zero attached hydrogens (tertiary/aromatic N) is 3. The number of nitrogens with one attached hydrogen (secondary N) is 2. The number of para-hydroxylation sites is 1. The van der Waals surface area contributed by atoms with Gasteiger partial charge in [-0.05, 0) is 30.2 Å². The third-order valence-corrected chi connectivity index (χ3v) is 5.54. The summed E-state index contributed by atoms with van der Waals surface area (Å²) in [6.07, 6.45) is 1.73. The van der Waals surface area contributed by atoms with Crippen molar-refractivity contribution in [3.05, 3.63) is 64.7 Å². The fraction of sp³-hybridized carbons (Fsp3) is 0.263. The lowest BCUT2D eigenvalue weighted by Crippen LogP contribution is -2.28. The van der Waals surface area contributed by atoms with E-state index in [0.29, 0.717) is 17.4 Å². The number of methoxy groups -OCH3 is 1. The van der Waals surface area contributed by atoms with E-state index in [1.54, 1.807) is 11.8 Å². The van der Waals surface area contributed by atoms with Gasteiger partial charge in [-0.15, -0.1) is 5.10 Å². The SMILES string of the molecule is COc1ccccc1[C@H]1C[C@@H](c2ccc(Cl)cc2)Nc2nc(NS(C)(=O)=O)nn21. The van der Waals surface area contributed by atoms with Gasteiger partial charge in [-0.2, -0.15) is 4.98 Å². The molecule has 0 saturated heterocycles. The number of sulfonamides is 1. The van der Waals surface area contributed by atoms with Crippen molar-refractivity contribution < 1.29 is 13.2 Å². The van der Waals surface area contributed by atoms with Gasteiger partial charge in [0.25, 0.3) is 5.95 Å². The molecule has 0 radical (unpaired) electrons. The number of ether oxygens (including phenoxy) is 1. The summed E-state index contributed by atoms with van der Waals surface area (Å²) in [5.74, 6) is 1.22. The highest BCUT2D eigenvalue weighted by Crippen LogP contribution is 2.41. The second-order valence-corrected chi connectivity index (χ2v) is 9.00. The Labute approximate surface area is 173 Å². The molecule has 2 N–H and O–H groups in total. The fourth-order valence-electron chi connectivity index (χ4n) is 3.50. The van der Waals surface area contributed by atoms with Crippen molar-refractivity contribution in [2.45, 2.75) is 18.5 Å². The smallest absolute Gasteiger partial charge is 0.257 e. The van der Waals surface area contributed by atoms with Crippen LogP contribution in [0.15, 0.2) is 48.5 Å². The Morgan fingerprint density at radius 1 is 1.21 bits per heavy atom. The third kappa shape index (κ3) is 4.15. The minimum atomic E-state index is -3.50. The van der Waals surface area contributed by atoms with Gasteiger partial charge in [0.15, 0.2) is 0 Å². The first-order chi connectivity index (χ1) is 13.8. The first-order valence-corrected chi connectivity index (χ1v) is 11.2. The number of fused-ring (bicyclic) bond motifs is 1. The van der Waals surface area contributed by atoms with E-state index in [0.717, 1.165) is 23.1 Å². The lowest BCUT2D eigenvalue weighted by Gasteiger charge is -2.32. The Morgan fingerprint density at radius 2 is 1.93 bits per heavy atom. The molecule has 0 bridgehead atoms. The van der Waals surface area contributed by atoms with E-state index in [4.69, 9.17) is 16.3 Å². The van der Waals surface area contributed by atoms with Crippen LogP contribution in [-0.2, 0) is 10.0 Å². The zero-order valence-corrected chi connectivity index (χ0v) is 17.4. The van der Waals surface area contributed by atoms with Crippen LogP contribution in [0.1, 0.15) is 29.6 Å². The van der Waals surface area contributed by atoms with Crippen molar-refractivity contribution in [3.63, 3.8) is 0 Å². The van der Waals surface area contributed by atoms with Gasteiger partial charge < -0.3 is 10.1 Å². The zero-order valence-electron chi connectivity index (χ0n) is 15.8. The van der Waals surface area contributed by atoms with Crippen LogP contribution in [0.5, 0.6) is 5.75 Å². The average molecular weight is 434 g/mol. The van der Waals surface area contributed by atoms with E-state index in [1.165, 1.54) is 0 Å². The van der Waals surface area contributed by atoms with Crippen LogP contribution >= 0.6 is 11.6 Å². The van der Waals surface area contributed by atoms with E-state index in [9.17, 15) is 8.42 Å². The summed E-state index contributed by atoms with van der Waals surface area (Å²) in [6, 6.07) is 15.0. The van der Waals surface area contributed by atoms with Crippen LogP contribution in [0.2, 0.25) is 5.02 Å². The average Bonchev–Trinajstić information content (AvgIpc) is 3.08. The molecular formula is C19H20ClN5O3S. The third-order valence-electron chi connectivity index (χ3n) is 4.74. The highest BCUT2D eigenvalue weighted by Gasteiger charge is 2.33. The second-order valence-electron chi connectivity index (χ2n) is 6.82. The number of aromatic nitrogens is 3. The molecule has 2 heterocycles. The molecule has 2 aromatic carbocycles. The van der Waals surface area contributed by atoms with Gasteiger partial charge in [0.2, 0.25) is 16.0 Å². The summed E-state index contributed by atoms with van der Waals surface area (Å²) < 4.78 is 32.8. The van der Waals surface area contributed by atoms with E-state index in [-0.39, 0.29) is 18.0 Å². The van der Waals surface area contributed by atoms with Gasteiger partial charge in [0.1, 0.15) is 5.75 Å². The number of halogens is 1. The highest BCUT2D eigenvalue weighted by atomic mass is 35.5. The quantitative estimate of drug-likeness (QED) is 0.639. The van der Waals surface area contributed by atoms with Gasteiger partial charge >= 0.3 is 0 Å². The van der Waals surface area contributed by atoms with E-state index in [2.05, 4.69) is 20.1 Å². The summed E-state index contributed by atoms with van der Waals surface area (Å²) in [6.45, 7) is 0. The van der Waals surface area contributed by atoms with E-state index >= 15 is 0 Å². The summed E-state index contributed by atoms with van der Waals surface area (Å²) in [5.41, 5.74) is 1.98. The lowest BCUT2D eigenvalue weighted by molar-refractivity contribution is 0.380. The highest BCUT2D eigenvalue weighted by molar-refractivity contribution is 7.91. The van der Waals surface area contributed by atoms with E-state index in [1.807, 2.05) is 48.5 Å². The molecule has 1 aliphatic rings. The number of hydrogen-bond acceptors (Lipinski definition) is 6. The van der Waals surface area contributed by atoms with Gasteiger partial charge in [0, 0.05) is 10.6 Å². The van der Waals surface area contributed by atoms with Crippen LogP contribution in [0.3, 0.4) is 0 Å². The predicted molar refractivity (Wildman–Crippen MR) is 112 cm³/mol. The number of hydrogen-bond donors (Lipinski definition) is 2. The molecule has 0 spiro atoms. The van der Waals surface area contributed by atoms with Gasteiger partial charge in [-0.1, -0.05) is 41.9 Å². The lowest BCUT2D eigenvalue weighted by atomic mass is 9.93. The van der Waals surface area contributed by atoms with Crippen molar-refractivity contribution in [3.8, 4) is 5.75 Å². The molecule has 29 heavy (non-hydrogen) atoms. The summed E-state index contributed by atoms with van der Waals surface area (Å²) in [4.78, 5) is 4.34. The molecule has 0 aliphatic carbocycles. The second kappa shape index (κ2) is 7.57. The maximum absolute atomic E-state index is 11.6. The van der Waals surface area contributed by atoms with Gasteiger partial charge in [-0.25, -0.2) is 13.1 Å². The van der Waals surface area contributed by atoms with Crippen molar-refractivity contribution in [1.29, 1.82) is 0 Å². The monoisotopic (exact) mass is 433 g/mol. The molecule has 0 fully saturated rings. The van der Waals surface area contributed by atoms with E-state index < -0.39 is 10.0 Å². The van der Waals surface area contributed by atoms with Crippen LogP contribution < -0.4 is 14.8 Å². The summed E-state index contributed by atoms with van der Waals surface area (Å²) >= 11 is 6.03. The number of anilines is 2. The molecule has 1 aromatic heterocycles. The molecule has 0 unspecified atom stereocenters. The van der Waals surface area contributed by atoms with Crippen LogP contribution in [-0.4, -0.2) is 36.5 Å². The number of benzene rings is 2. The normalized spacial score (nSPS) is 18.6. The Hall–Kier alpha value is -2.78. The molecule has 2 atom stereocenters. The topological polar surface area (TPSA) is 98.1 Å². The maximum atomic E-state index is 11.6. The van der Waals surface area contributed by atoms with Gasteiger partial charge in [-0.3, -0.25) is 4.72 Å². The minimum absolute atomic E-state index is 0.0201. The molecular weight excluding hydrogens is 414 g/mol. The first-order valence-electron chi connectivity index (χ1n) is 8.93. The summed E-state index contributed by atoms with van der Waals surface area (Å²) in [7, 11) is -1.88. The Balaban J connectivity index is 1.79.